The minimum atomic E-state index is -3.63. The number of amidine groups is 1. The molecule has 0 aliphatic heterocycles. The van der Waals surface area contributed by atoms with E-state index in [2.05, 4.69) is 4.99 Å². The maximum atomic E-state index is 11.1. The molecule has 1 rings (SSSR count). The summed E-state index contributed by atoms with van der Waals surface area (Å²) in [7, 11) is -3.63. The number of rotatable bonds is 3. The van der Waals surface area contributed by atoms with Crippen molar-refractivity contribution in [1.82, 2.24) is 0 Å². The molecule has 4 N–H and O–H groups in total. The zero-order valence-electron chi connectivity index (χ0n) is 10.8. The molecule has 6 heteroatoms. The third-order valence-corrected chi connectivity index (χ3v) is 3.38. The topological polar surface area (TPSA) is 98.5 Å². The molecule has 100 valence electrons. The monoisotopic (exact) mass is 269 g/mol. The van der Waals surface area contributed by atoms with Crippen LogP contribution in [0.1, 0.15) is 26.3 Å². The molecular formula is C12H19N3O2S. The van der Waals surface area contributed by atoms with Crippen LogP contribution in [-0.2, 0) is 16.6 Å². The molecule has 1 aromatic carbocycles. The van der Waals surface area contributed by atoms with Gasteiger partial charge in [0.15, 0.2) is 0 Å². The van der Waals surface area contributed by atoms with Crippen LogP contribution in [0.5, 0.6) is 0 Å². The smallest absolute Gasteiger partial charge is 0.238 e. The van der Waals surface area contributed by atoms with Crippen LogP contribution in [0.4, 0.5) is 0 Å². The van der Waals surface area contributed by atoms with Gasteiger partial charge in [-0.3, -0.25) is 4.99 Å². The maximum absolute atomic E-state index is 11.1. The number of hydrogen-bond donors (Lipinski definition) is 2. The lowest BCUT2D eigenvalue weighted by Crippen LogP contribution is -2.28. The number of nitrogens with zero attached hydrogens (tertiary/aromatic N) is 1. The van der Waals surface area contributed by atoms with E-state index in [-0.39, 0.29) is 10.3 Å². The van der Waals surface area contributed by atoms with E-state index in [0.717, 1.165) is 5.56 Å². The Kier molecular flexibility index (Phi) is 4.13. The van der Waals surface area contributed by atoms with Crippen molar-refractivity contribution in [3.63, 3.8) is 0 Å². The van der Waals surface area contributed by atoms with Gasteiger partial charge in [-0.25, -0.2) is 13.6 Å². The molecule has 0 aliphatic carbocycles. The number of primary sulfonamides is 1. The van der Waals surface area contributed by atoms with Gasteiger partial charge >= 0.3 is 0 Å². The summed E-state index contributed by atoms with van der Waals surface area (Å²) in [6.07, 6.45) is 0. The largest absolute Gasteiger partial charge is 0.387 e. The lowest BCUT2D eigenvalue weighted by Gasteiger charge is -2.17. The van der Waals surface area contributed by atoms with E-state index in [1.165, 1.54) is 12.1 Å². The summed E-state index contributed by atoms with van der Waals surface area (Å²) in [4.78, 5) is 4.37. The highest BCUT2D eigenvalue weighted by molar-refractivity contribution is 7.89. The zero-order valence-corrected chi connectivity index (χ0v) is 11.7. The van der Waals surface area contributed by atoms with Gasteiger partial charge in [0.05, 0.1) is 17.3 Å². The van der Waals surface area contributed by atoms with Crippen LogP contribution in [0.25, 0.3) is 0 Å². The van der Waals surface area contributed by atoms with Gasteiger partial charge < -0.3 is 5.73 Å². The molecule has 18 heavy (non-hydrogen) atoms. The Hall–Kier alpha value is -1.40. The van der Waals surface area contributed by atoms with Crippen molar-refractivity contribution in [3.05, 3.63) is 29.8 Å². The van der Waals surface area contributed by atoms with E-state index in [4.69, 9.17) is 10.9 Å². The van der Waals surface area contributed by atoms with Crippen LogP contribution >= 0.6 is 0 Å². The van der Waals surface area contributed by atoms with Crippen molar-refractivity contribution in [2.24, 2.45) is 21.3 Å². The molecule has 1 aromatic rings. The number of aliphatic imine (C=N–C) groups is 1. The second-order valence-corrected chi connectivity index (χ2v) is 6.70. The van der Waals surface area contributed by atoms with Crippen molar-refractivity contribution in [1.29, 1.82) is 0 Å². The van der Waals surface area contributed by atoms with Gasteiger partial charge in [0.1, 0.15) is 0 Å². The van der Waals surface area contributed by atoms with Gasteiger partial charge in [-0.05, 0) is 17.7 Å². The molecule has 0 aliphatic rings. The van der Waals surface area contributed by atoms with Crippen LogP contribution in [-0.4, -0.2) is 14.3 Å². The summed E-state index contributed by atoms with van der Waals surface area (Å²) in [5.74, 6) is 0.568. The first kappa shape index (κ1) is 14.7. The molecule has 0 aromatic heterocycles. The molecule has 0 radical (unpaired) electrons. The molecule has 0 saturated carbocycles. The Balaban J connectivity index is 2.83. The highest BCUT2D eigenvalue weighted by Gasteiger charge is 2.14. The molecule has 0 bridgehead atoms. The van der Waals surface area contributed by atoms with E-state index in [0.29, 0.717) is 12.4 Å². The fourth-order valence-electron chi connectivity index (χ4n) is 1.20. The Morgan fingerprint density at radius 1 is 1.22 bits per heavy atom. The average Bonchev–Trinajstić information content (AvgIpc) is 2.24. The van der Waals surface area contributed by atoms with E-state index in [1.807, 2.05) is 20.8 Å². The van der Waals surface area contributed by atoms with E-state index in [9.17, 15) is 8.42 Å². The van der Waals surface area contributed by atoms with Crippen molar-refractivity contribution in [2.45, 2.75) is 32.2 Å². The molecule has 0 spiro atoms. The number of nitrogens with two attached hydrogens (primary N) is 2. The zero-order chi connectivity index (χ0) is 14.0. The van der Waals surface area contributed by atoms with Gasteiger partial charge in [-0.15, -0.1) is 0 Å². The van der Waals surface area contributed by atoms with Crippen molar-refractivity contribution in [3.8, 4) is 0 Å². The maximum Gasteiger partial charge on any atom is 0.238 e. The van der Waals surface area contributed by atoms with Gasteiger partial charge in [-0.1, -0.05) is 32.9 Å². The Bertz CT molecular complexity index is 540. The summed E-state index contributed by atoms with van der Waals surface area (Å²) in [5, 5.41) is 5.01. The molecule has 0 saturated heterocycles. The van der Waals surface area contributed by atoms with Gasteiger partial charge in [0.2, 0.25) is 10.0 Å². The summed E-state index contributed by atoms with van der Waals surface area (Å²) >= 11 is 0. The summed E-state index contributed by atoms with van der Waals surface area (Å²) in [6, 6.07) is 6.29. The average molecular weight is 269 g/mol. The highest BCUT2D eigenvalue weighted by atomic mass is 32.2. The fourth-order valence-corrected chi connectivity index (χ4v) is 1.71. The van der Waals surface area contributed by atoms with E-state index < -0.39 is 10.0 Å². The minimum absolute atomic E-state index is 0.0963. The standard InChI is InChI=1S/C12H19N3O2S/c1-12(2,3)11(13)15-8-9-4-6-10(7-5-9)18(14,16)17/h4-7H,8H2,1-3H3,(H2,13,15)(H2,14,16,17). The van der Waals surface area contributed by atoms with E-state index in [1.54, 1.807) is 12.1 Å². The third-order valence-electron chi connectivity index (χ3n) is 2.45. The number of hydrogen-bond acceptors (Lipinski definition) is 3. The fraction of sp³-hybridized carbons (Fsp3) is 0.417. The first-order chi connectivity index (χ1) is 8.10. The summed E-state index contributed by atoms with van der Waals surface area (Å²) in [6.45, 7) is 6.37. The van der Waals surface area contributed by atoms with Crippen molar-refractivity contribution >= 4 is 15.9 Å². The molecular weight excluding hydrogens is 250 g/mol. The normalized spacial score (nSPS) is 13.7. The SMILES string of the molecule is CC(C)(C)C(N)=NCc1ccc(S(N)(=O)=O)cc1. The quantitative estimate of drug-likeness (QED) is 0.638. The molecule has 0 amide bonds. The van der Waals surface area contributed by atoms with Crippen LogP contribution in [0, 0.1) is 5.41 Å². The van der Waals surface area contributed by atoms with Gasteiger partial charge in [-0.2, -0.15) is 0 Å². The number of benzene rings is 1. The molecule has 0 unspecified atom stereocenters. The summed E-state index contributed by atoms with van der Waals surface area (Å²) in [5.41, 5.74) is 6.55. The Labute approximate surface area is 108 Å². The first-order valence-corrected chi connectivity index (χ1v) is 7.07. The minimum Gasteiger partial charge on any atom is -0.387 e. The predicted molar refractivity (Wildman–Crippen MR) is 72.6 cm³/mol. The van der Waals surface area contributed by atoms with Crippen LogP contribution in [0.15, 0.2) is 34.2 Å². The van der Waals surface area contributed by atoms with Crippen LogP contribution in [0.2, 0.25) is 0 Å². The second-order valence-electron chi connectivity index (χ2n) is 5.14. The van der Waals surface area contributed by atoms with E-state index >= 15 is 0 Å². The molecule has 0 atom stereocenters. The predicted octanol–water partition coefficient (Wildman–Crippen LogP) is 1.24. The Morgan fingerprint density at radius 3 is 2.11 bits per heavy atom. The molecule has 5 nitrogen and oxygen atoms in total. The van der Waals surface area contributed by atoms with Crippen molar-refractivity contribution < 1.29 is 8.42 Å². The van der Waals surface area contributed by atoms with Gasteiger partial charge in [0.25, 0.3) is 0 Å². The summed E-state index contributed by atoms with van der Waals surface area (Å²) < 4.78 is 22.1. The Morgan fingerprint density at radius 2 is 1.72 bits per heavy atom. The molecule has 0 heterocycles. The number of sulfonamides is 1. The highest BCUT2D eigenvalue weighted by Crippen LogP contribution is 2.14. The second kappa shape index (κ2) is 5.07. The van der Waals surface area contributed by atoms with Crippen molar-refractivity contribution in [2.75, 3.05) is 0 Å². The third kappa shape index (κ3) is 4.12. The lowest BCUT2D eigenvalue weighted by molar-refractivity contribution is 0.581. The van der Waals surface area contributed by atoms with Crippen LogP contribution < -0.4 is 10.9 Å². The lowest BCUT2D eigenvalue weighted by atomic mass is 9.95. The first-order valence-electron chi connectivity index (χ1n) is 5.53. The molecule has 0 fully saturated rings. The van der Waals surface area contributed by atoms with Crippen LogP contribution in [0.3, 0.4) is 0 Å². The van der Waals surface area contributed by atoms with Gasteiger partial charge in [0, 0.05) is 5.41 Å².